The molecule has 5 nitrogen and oxygen atoms in total. The summed E-state index contributed by atoms with van der Waals surface area (Å²) in [4.78, 5) is 15.7. The maximum absolute atomic E-state index is 13.6. The van der Waals surface area contributed by atoms with Crippen molar-refractivity contribution in [1.82, 2.24) is 10.2 Å². The normalized spacial score (nSPS) is 19.3. The van der Waals surface area contributed by atoms with Crippen LogP contribution in [0.2, 0.25) is 0 Å². The summed E-state index contributed by atoms with van der Waals surface area (Å²) in [5, 5.41) is 3.73. The third-order valence-corrected chi connectivity index (χ3v) is 6.82. The van der Waals surface area contributed by atoms with Crippen molar-refractivity contribution in [3.05, 3.63) is 94.5 Å². The van der Waals surface area contributed by atoms with Gasteiger partial charge in [0, 0.05) is 42.4 Å². The van der Waals surface area contributed by atoms with Gasteiger partial charge in [0.05, 0.1) is 0 Å². The first-order valence-electron chi connectivity index (χ1n) is 12.1. The summed E-state index contributed by atoms with van der Waals surface area (Å²) in [6.45, 7) is 5.86. The van der Waals surface area contributed by atoms with Gasteiger partial charge in [-0.2, -0.15) is 0 Å². The minimum absolute atomic E-state index is 0.139. The van der Waals surface area contributed by atoms with Crippen LogP contribution in [-0.2, 0) is 13.0 Å². The van der Waals surface area contributed by atoms with Crippen LogP contribution in [0.25, 0.3) is 0 Å². The van der Waals surface area contributed by atoms with Gasteiger partial charge >= 0.3 is 0 Å². The van der Waals surface area contributed by atoms with Gasteiger partial charge in [-0.3, -0.25) is 4.79 Å². The smallest absolute Gasteiger partial charge is 0.254 e. The van der Waals surface area contributed by atoms with Crippen molar-refractivity contribution in [3.63, 3.8) is 0 Å². The summed E-state index contributed by atoms with van der Waals surface area (Å²) in [6.07, 6.45) is 2.71. The fraction of sp³-hybridized carbons (Fsp3) is 0.345. The number of carbonyl (C=O) groups is 1. The van der Waals surface area contributed by atoms with Crippen LogP contribution in [0.1, 0.15) is 45.5 Å². The van der Waals surface area contributed by atoms with Crippen molar-refractivity contribution in [2.24, 2.45) is 0 Å². The predicted octanol–water partition coefficient (Wildman–Crippen LogP) is 5.04. The lowest BCUT2D eigenvalue weighted by Crippen LogP contribution is -2.51. The lowest BCUT2D eigenvalue weighted by Gasteiger charge is -2.40. The fourth-order valence-electron chi connectivity index (χ4n) is 5.17. The Balaban J connectivity index is 1.31. The molecule has 0 aliphatic carbocycles. The second-order valence-electron chi connectivity index (χ2n) is 9.50. The van der Waals surface area contributed by atoms with E-state index >= 15 is 0 Å². The van der Waals surface area contributed by atoms with Crippen molar-refractivity contribution >= 4 is 5.91 Å². The van der Waals surface area contributed by atoms with Gasteiger partial charge in [0.25, 0.3) is 5.91 Å². The monoisotopic (exact) mass is 456 g/mol. The number of fused-ring (bicyclic) bond motifs is 2. The van der Waals surface area contributed by atoms with Crippen LogP contribution in [0.5, 0.6) is 11.5 Å². The molecule has 2 aliphatic rings. The minimum atomic E-state index is 0.139. The van der Waals surface area contributed by atoms with Crippen molar-refractivity contribution in [3.8, 4) is 11.5 Å². The number of hydrogen-bond donors (Lipinski definition) is 1. The van der Waals surface area contributed by atoms with E-state index in [0.717, 1.165) is 66.1 Å². The van der Waals surface area contributed by atoms with Crippen LogP contribution < -0.4 is 14.8 Å². The van der Waals surface area contributed by atoms with E-state index in [9.17, 15) is 4.79 Å². The van der Waals surface area contributed by atoms with Gasteiger partial charge in [0.15, 0.2) is 0 Å². The Morgan fingerprint density at radius 2 is 1.79 bits per heavy atom. The summed E-state index contributed by atoms with van der Waals surface area (Å²) in [5.41, 5.74) is 5.45. The van der Waals surface area contributed by atoms with Crippen LogP contribution >= 0.6 is 0 Å². The third-order valence-electron chi connectivity index (χ3n) is 6.82. The standard InChI is InChI=1S/C29H32N2O3/c1-20-12-21(2)14-24(13-20)29(32)31-11-10-25(16-26(31)15-22-6-4-3-5-7-22)30-18-23-8-9-27-17-28(23)34-19-33-27/h3-9,12-14,17,25-26,30H,10-11,15-16,18-19H2,1-2H3/t25-,26+/m0/s1. The molecule has 2 atom stereocenters. The number of aryl methyl sites for hydroxylation is 2. The van der Waals surface area contributed by atoms with E-state index in [1.54, 1.807) is 0 Å². The molecule has 0 unspecified atom stereocenters. The molecule has 2 heterocycles. The molecule has 2 aliphatic heterocycles. The largest absolute Gasteiger partial charge is 0.457 e. The third kappa shape index (κ3) is 5.10. The summed E-state index contributed by atoms with van der Waals surface area (Å²) < 4.78 is 11.1. The maximum atomic E-state index is 13.6. The second-order valence-corrected chi connectivity index (χ2v) is 9.50. The molecule has 0 spiro atoms. The molecule has 3 aromatic rings. The molecule has 0 saturated carbocycles. The van der Waals surface area contributed by atoms with Crippen molar-refractivity contribution in [2.45, 2.75) is 51.7 Å². The highest BCUT2D eigenvalue weighted by Gasteiger charge is 2.32. The molecule has 1 saturated heterocycles. The Kier molecular flexibility index (Phi) is 6.54. The lowest BCUT2D eigenvalue weighted by atomic mass is 9.91. The molecule has 1 amide bonds. The average molecular weight is 457 g/mol. The van der Waals surface area contributed by atoms with Gasteiger partial charge in [0.2, 0.25) is 6.79 Å². The van der Waals surface area contributed by atoms with Crippen molar-refractivity contribution in [1.29, 1.82) is 0 Å². The Bertz CT molecular complexity index is 1140. The fourth-order valence-corrected chi connectivity index (χ4v) is 5.17. The number of hydrogen-bond acceptors (Lipinski definition) is 4. The first kappa shape index (κ1) is 22.5. The Morgan fingerprint density at radius 3 is 2.59 bits per heavy atom. The molecule has 2 bridgehead atoms. The Morgan fingerprint density at radius 1 is 1.00 bits per heavy atom. The van der Waals surface area contributed by atoms with Gasteiger partial charge < -0.3 is 19.7 Å². The Labute approximate surface area is 201 Å². The molecule has 1 N–H and O–H groups in total. The molecular weight excluding hydrogens is 424 g/mol. The van der Waals surface area contributed by atoms with Crippen LogP contribution in [0.3, 0.4) is 0 Å². The first-order chi connectivity index (χ1) is 16.5. The van der Waals surface area contributed by atoms with Gasteiger partial charge in [-0.05, 0) is 56.9 Å². The number of carbonyl (C=O) groups excluding carboxylic acids is 1. The minimum Gasteiger partial charge on any atom is -0.457 e. The first-order valence-corrected chi connectivity index (χ1v) is 12.1. The molecule has 1 fully saturated rings. The number of amides is 1. The zero-order chi connectivity index (χ0) is 23.5. The van der Waals surface area contributed by atoms with E-state index in [1.165, 1.54) is 5.56 Å². The number of likely N-dealkylation sites (tertiary alicyclic amines) is 1. The number of nitrogens with one attached hydrogen (secondary N) is 1. The van der Waals surface area contributed by atoms with E-state index in [4.69, 9.17) is 9.47 Å². The highest BCUT2D eigenvalue weighted by molar-refractivity contribution is 5.95. The quantitative estimate of drug-likeness (QED) is 0.565. The summed E-state index contributed by atoms with van der Waals surface area (Å²) >= 11 is 0. The molecule has 176 valence electrons. The van der Waals surface area contributed by atoms with Gasteiger partial charge in [-0.25, -0.2) is 0 Å². The SMILES string of the molecule is Cc1cc(C)cc(C(=O)N2CC[C@H](NCc3ccc4cc3OCO4)C[C@H]2Cc2ccccc2)c1. The predicted molar refractivity (Wildman–Crippen MR) is 133 cm³/mol. The number of rotatable bonds is 6. The van der Waals surface area contributed by atoms with E-state index < -0.39 is 0 Å². The Hall–Kier alpha value is -3.31. The lowest BCUT2D eigenvalue weighted by molar-refractivity contribution is 0.0576. The highest BCUT2D eigenvalue weighted by atomic mass is 16.7. The van der Waals surface area contributed by atoms with E-state index in [-0.39, 0.29) is 18.7 Å². The summed E-state index contributed by atoms with van der Waals surface area (Å²) in [6, 6.07) is 23.1. The summed E-state index contributed by atoms with van der Waals surface area (Å²) in [7, 11) is 0. The van der Waals surface area contributed by atoms with Gasteiger partial charge in [-0.1, -0.05) is 53.6 Å². The van der Waals surface area contributed by atoms with Crippen LogP contribution in [0.15, 0.2) is 66.7 Å². The number of ether oxygens (including phenoxy) is 2. The highest BCUT2D eigenvalue weighted by Crippen LogP contribution is 2.29. The van der Waals surface area contributed by atoms with E-state index in [1.807, 2.05) is 30.3 Å². The molecule has 5 heteroatoms. The van der Waals surface area contributed by atoms with Gasteiger partial charge in [-0.15, -0.1) is 0 Å². The molecule has 0 radical (unpaired) electrons. The zero-order valence-electron chi connectivity index (χ0n) is 19.9. The molecule has 5 rings (SSSR count). The van der Waals surface area contributed by atoms with Gasteiger partial charge in [0.1, 0.15) is 11.5 Å². The number of benzene rings is 3. The van der Waals surface area contributed by atoms with Crippen molar-refractivity contribution in [2.75, 3.05) is 13.3 Å². The average Bonchev–Trinajstić information content (AvgIpc) is 2.84. The maximum Gasteiger partial charge on any atom is 0.254 e. The van der Waals surface area contributed by atoms with Crippen LogP contribution in [0.4, 0.5) is 0 Å². The second kappa shape index (κ2) is 9.90. The molecule has 34 heavy (non-hydrogen) atoms. The van der Waals surface area contributed by atoms with Crippen molar-refractivity contribution < 1.29 is 14.3 Å². The number of piperidine rings is 1. The topological polar surface area (TPSA) is 50.8 Å². The molecular formula is C29H32N2O3. The number of nitrogens with zero attached hydrogens (tertiary/aromatic N) is 1. The van der Waals surface area contributed by atoms with Crippen LogP contribution in [-0.4, -0.2) is 36.2 Å². The molecule has 3 aromatic carbocycles. The van der Waals surface area contributed by atoms with E-state index in [2.05, 4.69) is 60.5 Å². The van der Waals surface area contributed by atoms with E-state index in [0.29, 0.717) is 6.04 Å². The molecule has 0 aromatic heterocycles. The zero-order valence-corrected chi connectivity index (χ0v) is 19.9. The van der Waals surface area contributed by atoms with Crippen LogP contribution in [0, 0.1) is 13.8 Å². The summed E-state index contributed by atoms with van der Waals surface area (Å²) in [5.74, 6) is 1.88.